The smallest absolute Gasteiger partial charge is 0.313 e. The van der Waals surface area contributed by atoms with E-state index in [1.54, 1.807) is 0 Å². The van der Waals surface area contributed by atoms with E-state index in [0.29, 0.717) is 0 Å². The maximum atomic E-state index is 14.0. The van der Waals surface area contributed by atoms with Gasteiger partial charge in [0.2, 0.25) is 5.82 Å². The summed E-state index contributed by atoms with van der Waals surface area (Å²) in [6, 6.07) is 0. The first kappa shape index (κ1) is 14.1. The third-order valence-electron chi connectivity index (χ3n) is 2.47. The van der Waals surface area contributed by atoms with Gasteiger partial charge in [-0.25, -0.2) is 4.79 Å². The van der Waals surface area contributed by atoms with Crippen molar-refractivity contribution in [1.82, 2.24) is 9.22 Å². The van der Waals surface area contributed by atoms with E-state index in [9.17, 15) is 14.0 Å². The number of H-pyrrole nitrogens is 1. The Bertz CT molecular complexity index is 549. The highest BCUT2D eigenvalue weighted by atomic mass is 28.3. The number of nitrogens with one attached hydrogen (secondary N) is 1. The Balaban J connectivity index is 3.73. The Kier molecular flexibility index (Phi) is 3.37. The molecule has 0 spiro atoms. The molecule has 1 aromatic rings. The van der Waals surface area contributed by atoms with Crippen LogP contribution in [0.4, 0.5) is 4.39 Å². The van der Waals surface area contributed by atoms with E-state index in [1.807, 2.05) is 39.3 Å². The first-order valence-corrected chi connectivity index (χ1v) is 12.5. The minimum Gasteiger partial charge on any atom is -0.313 e. The molecule has 0 aliphatic heterocycles. The highest BCUT2D eigenvalue weighted by Crippen LogP contribution is 2.02. The molecule has 17 heavy (non-hydrogen) atoms. The lowest BCUT2D eigenvalue weighted by atomic mass is 10.6. The predicted molar refractivity (Wildman–Crippen MR) is 73.0 cm³/mol. The van der Waals surface area contributed by atoms with Crippen molar-refractivity contribution >= 4 is 21.6 Å². The van der Waals surface area contributed by atoms with E-state index in [-0.39, 0.29) is 5.32 Å². The molecular weight excluding hydrogens is 255 g/mol. The van der Waals surface area contributed by atoms with Crippen molar-refractivity contribution in [2.24, 2.45) is 0 Å². The zero-order valence-corrected chi connectivity index (χ0v) is 13.1. The van der Waals surface area contributed by atoms with Crippen molar-refractivity contribution in [3.05, 3.63) is 26.7 Å². The summed E-state index contributed by atoms with van der Waals surface area (Å²) in [6.45, 7) is 11.2. The lowest BCUT2D eigenvalue weighted by Crippen LogP contribution is -2.58. The molecule has 0 unspecified atom stereocenters. The number of rotatable bonds is 2. The molecule has 4 nitrogen and oxygen atoms in total. The molecule has 0 aliphatic carbocycles. The van der Waals surface area contributed by atoms with Crippen LogP contribution in [0.2, 0.25) is 39.3 Å². The van der Waals surface area contributed by atoms with E-state index < -0.39 is 33.4 Å². The van der Waals surface area contributed by atoms with Gasteiger partial charge in [-0.1, -0.05) is 39.3 Å². The zero-order chi connectivity index (χ0) is 13.6. The largest absolute Gasteiger partial charge is 0.320 e. The van der Waals surface area contributed by atoms with Gasteiger partial charge in [0.1, 0.15) is 8.07 Å². The fraction of sp³-hybridized carbons (Fsp3) is 0.600. The van der Waals surface area contributed by atoms with E-state index in [1.165, 1.54) is 0 Å². The standard InChI is InChI=1S/C10H19FN2O2Si2/c1-16(2,3)8-7(11)9(14)13(10(15)12-8)17(4,5)6/h1-6H3,(H,12,15). The van der Waals surface area contributed by atoms with Crippen LogP contribution in [0.1, 0.15) is 0 Å². The summed E-state index contributed by atoms with van der Waals surface area (Å²) in [6.07, 6.45) is 0. The fourth-order valence-corrected chi connectivity index (χ4v) is 4.26. The molecule has 0 bridgehead atoms. The minimum absolute atomic E-state index is 0.210. The maximum absolute atomic E-state index is 14.0. The monoisotopic (exact) mass is 274 g/mol. The molecule has 1 heterocycles. The second-order valence-electron chi connectivity index (χ2n) is 6.18. The first-order valence-electron chi connectivity index (χ1n) is 5.52. The Morgan fingerprint density at radius 3 is 1.88 bits per heavy atom. The fourth-order valence-electron chi connectivity index (χ4n) is 1.64. The van der Waals surface area contributed by atoms with E-state index in [2.05, 4.69) is 4.98 Å². The van der Waals surface area contributed by atoms with Crippen LogP contribution in [-0.2, 0) is 0 Å². The molecule has 0 fully saturated rings. The molecule has 1 N–H and O–H groups in total. The van der Waals surface area contributed by atoms with Crippen molar-refractivity contribution in [2.45, 2.75) is 39.3 Å². The van der Waals surface area contributed by atoms with Gasteiger partial charge in [-0.2, -0.15) is 4.39 Å². The van der Waals surface area contributed by atoms with Gasteiger partial charge in [-0.3, -0.25) is 9.03 Å². The topological polar surface area (TPSA) is 54.9 Å². The van der Waals surface area contributed by atoms with Crippen LogP contribution >= 0.6 is 0 Å². The van der Waals surface area contributed by atoms with Crippen LogP contribution in [0.25, 0.3) is 0 Å². The Labute approximate surface area is 102 Å². The van der Waals surface area contributed by atoms with Gasteiger partial charge in [0, 0.05) is 5.32 Å². The van der Waals surface area contributed by atoms with E-state index >= 15 is 0 Å². The van der Waals surface area contributed by atoms with Crippen molar-refractivity contribution in [3.63, 3.8) is 0 Å². The molecule has 1 rings (SSSR count). The summed E-state index contributed by atoms with van der Waals surface area (Å²) in [4.78, 5) is 26.4. The van der Waals surface area contributed by atoms with Crippen LogP contribution in [0, 0.1) is 5.82 Å². The van der Waals surface area contributed by atoms with Crippen molar-refractivity contribution in [2.75, 3.05) is 0 Å². The summed E-state index contributed by atoms with van der Waals surface area (Å²) in [5.41, 5.74) is -1.25. The van der Waals surface area contributed by atoms with Crippen molar-refractivity contribution in [3.8, 4) is 0 Å². The molecule has 0 aliphatic rings. The zero-order valence-electron chi connectivity index (χ0n) is 11.1. The number of aromatic amines is 1. The molecule has 0 aromatic carbocycles. The Hall–Kier alpha value is -0.956. The van der Waals surface area contributed by atoms with Gasteiger partial charge in [0.05, 0.1) is 0 Å². The molecule has 0 radical (unpaired) electrons. The maximum Gasteiger partial charge on any atom is 0.320 e. The van der Waals surface area contributed by atoms with Crippen LogP contribution in [0.5, 0.6) is 0 Å². The number of hydrogen-bond acceptors (Lipinski definition) is 2. The van der Waals surface area contributed by atoms with Gasteiger partial charge in [0.25, 0.3) is 5.56 Å². The number of hydrogen-bond donors (Lipinski definition) is 1. The van der Waals surface area contributed by atoms with Gasteiger partial charge in [-0.05, 0) is 0 Å². The summed E-state index contributed by atoms with van der Waals surface area (Å²) in [5, 5.41) is 0.210. The van der Waals surface area contributed by atoms with E-state index in [4.69, 9.17) is 0 Å². The van der Waals surface area contributed by atoms with Crippen LogP contribution in [-0.4, -0.2) is 25.5 Å². The quantitative estimate of drug-likeness (QED) is 0.815. The number of aromatic nitrogens is 2. The van der Waals surface area contributed by atoms with Crippen LogP contribution < -0.4 is 16.6 Å². The molecule has 0 atom stereocenters. The van der Waals surface area contributed by atoms with Crippen molar-refractivity contribution < 1.29 is 4.39 Å². The molecule has 0 saturated carbocycles. The lowest BCUT2D eigenvalue weighted by Gasteiger charge is -2.22. The molecule has 1 aromatic heterocycles. The Morgan fingerprint density at radius 2 is 1.53 bits per heavy atom. The normalized spacial score (nSPS) is 12.9. The third kappa shape index (κ3) is 2.66. The average Bonchev–Trinajstić information content (AvgIpc) is 2.07. The molecule has 96 valence electrons. The highest BCUT2D eigenvalue weighted by Gasteiger charge is 2.29. The summed E-state index contributed by atoms with van der Waals surface area (Å²) < 4.78 is 15.1. The molecule has 0 amide bonds. The SMILES string of the molecule is C[Si](C)(C)c1[nH]c(=O)n([Si](C)(C)C)c(=O)c1F. The summed E-state index contributed by atoms with van der Waals surface area (Å²) in [7, 11) is -4.25. The predicted octanol–water partition coefficient (Wildman–Crippen LogP) is 0.904. The summed E-state index contributed by atoms with van der Waals surface area (Å²) in [5.74, 6) is -0.786. The van der Waals surface area contributed by atoms with Gasteiger partial charge in [-0.15, -0.1) is 0 Å². The van der Waals surface area contributed by atoms with Crippen LogP contribution in [0.15, 0.2) is 9.59 Å². The highest BCUT2D eigenvalue weighted by molar-refractivity contribution is 6.88. The number of halogens is 1. The Morgan fingerprint density at radius 1 is 1.06 bits per heavy atom. The average molecular weight is 274 g/mol. The molecule has 0 saturated heterocycles. The van der Waals surface area contributed by atoms with Crippen LogP contribution in [0.3, 0.4) is 0 Å². The third-order valence-corrected chi connectivity index (χ3v) is 6.06. The second kappa shape index (κ2) is 4.06. The molecule has 7 heteroatoms. The number of nitrogens with zero attached hydrogens (tertiary/aromatic N) is 1. The van der Waals surface area contributed by atoms with Gasteiger partial charge >= 0.3 is 5.69 Å². The minimum atomic E-state index is -2.20. The lowest BCUT2D eigenvalue weighted by molar-refractivity contribution is 0.598. The molecular formula is C10H19FN2O2Si2. The van der Waals surface area contributed by atoms with E-state index in [0.717, 1.165) is 4.23 Å². The first-order chi connectivity index (χ1) is 7.46. The van der Waals surface area contributed by atoms with Crippen molar-refractivity contribution in [1.29, 1.82) is 0 Å². The van der Waals surface area contributed by atoms with Gasteiger partial charge in [0.15, 0.2) is 8.24 Å². The second-order valence-corrected chi connectivity index (χ2v) is 16.0. The van der Waals surface area contributed by atoms with Gasteiger partial charge < -0.3 is 4.98 Å². The summed E-state index contributed by atoms with van der Waals surface area (Å²) >= 11 is 0.